The normalized spacial score (nSPS) is 15.6. The van der Waals surface area contributed by atoms with Crippen LogP contribution in [-0.4, -0.2) is 18.0 Å². The van der Waals surface area contributed by atoms with Gasteiger partial charge in [0.25, 0.3) is 0 Å². The van der Waals surface area contributed by atoms with Gasteiger partial charge in [-0.2, -0.15) is 0 Å². The number of hydroxylamine groups is 1. The number of rotatable bonds is 3. The molecule has 0 saturated heterocycles. The van der Waals surface area contributed by atoms with Gasteiger partial charge in [-0.15, -0.1) is 0 Å². The highest BCUT2D eigenvalue weighted by Gasteiger charge is 2.13. The molecule has 0 radical (unpaired) electrons. The smallest absolute Gasteiger partial charge is 0.231 e. The molecule has 2 rings (SSSR count). The third-order valence-electron chi connectivity index (χ3n) is 2.20. The Hall–Kier alpha value is -1.26. The number of ether oxygens (including phenoxy) is 2. The van der Waals surface area contributed by atoms with Gasteiger partial charge < -0.3 is 14.7 Å². The minimum atomic E-state index is 0.0374. The SMILES string of the molecule is C[C@@H](Cc1ccc2c(c1)OCO2)NO. The van der Waals surface area contributed by atoms with E-state index in [9.17, 15) is 0 Å². The second kappa shape index (κ2) is 3.86. The average Bonchev–Trinajstić information content (AvgIpc) is 2.64. The van der Waals surface area contributed by atoms with E-state index in [0.717, 1.165) is 23.5 Å². The number of benzene rings is 1. The predicted molar refractivity (Wildman–Crippen MR) is 50.7 cm³/mol. The van der Waals surface area contributed by atoms with Gasteiger partial charge in [0, 0.05) is 6.04 Å². The van der Waals surface area contributed by atoms with Gasteiger partial charge in [0.2, 0.25) is 6.79 Å². The minimum absolute atomic E-state index is 0.0374. The van der Waals surface area contributed by atoms with Crippen molar-refractivity contribution in [1.82, 2.24) is 5.48 Å². The third-order valence-corrected chi connectivity index (χ3v) is 2.20. The largest absolute Gasteiger partial charge is 0.454 e. The molecule has 0 spiro atoms. The van der Waals surface area contributed by atoms with Crippen LogP contribution in [0.25, 0.3) is 0 Å². The lowest BCUT2D eigenvalue weighted by molar-refractivity contribution is 0.133. The Morgan fingerprint density at radius 2 is 2.21 bits per heavy atom. The van der Waals surface area contributed by atoms with Crippen molar-refractivity contribution in [2.24, 2.45) is 0 Å². The van der Waals surface area contributed by atoms with Crippen molar-refractivity contribution >= 4 is 0 Å². The molecule has 1 aromatic rings. The lowest BCUT2D eigenvalue weighted by Crippen LogP contribution is -2.24. The molecular weight excluding hydrogens is 182 g/mol. The van der Waals surface area contributed by atoms with Crippen LogP contribution in [0.1, 0.15) is 12.5 Å². The van der Waals surface area contributed by atoms with E-state index in [4.69, 9.17) is 14.7 Å². The Morgan fingerprint density at radius 3 is 3.00 bits per heavy atom. The second-order valence-corrected chi connectivity index (χ2v) is 3.42. The first-order valence-corrected chi connectivity index (χ1v) is 4.58. The van der Waals surface area contributed by atoms with Gasteiger partial charge in [0.15, 0.2) is 11.5 Å². The van der Waals surface area contributed by atoms with Crippen LogP contribution in [0, 0.1) is 0 Å². The molecular formula is C10H13NO3. The van der Waals surface area contributed by atoms with Gasteiger partial charge >= 0.3 is 0 Å². The molecule has 1 heterocycles. The van der Waals surface area contributed by atoms with Crippen molar-refractivity contribution in [1.29, 1.82) is 0 Å². The molecule has 1 aromatic carbocycles. The number of nitrogens with one attached hydrogen (secondary N) is 1. The van der Waals surface area contributed by atoms with Crippen LogP contribution in [0.15, 0.2) is 18.2 Å². The highest BCUT2D eigenvalue weighted by molar-refractivity contribution is 5.44. The van der Waals surface area contributed by atoms with E-state index in [1.807, 2.05) is 25.1 Å². The van der Waals surface area contributed by atoms with Crippen molar-refractivity contribution in [3.8, 4) is 11.5 Å². The maximum Gasteiger partial charge on any atom is 0.231 e. The van der Waals surface area contributed by atoms with Gasteiger partial charge in [-0.05, 0) is 31.0 Å². The molecule has 0 aliphatic carbocycles. The topological polar surface area (TPSA) is 50.7 Å². The number of hydrogen-bond acceptors (Lipinski definition) is 4. The molecule has 2 N–H and O–H groups in total. The van der Waals surface area contributed by atoms with Crippen molar-refractivity contribution in [3.63, 3.8) is 0 Å². The van der Waals surface area contributed by atoms with Crippen molar-refractivity contribution in [3.05, 3.63) is 23.8 Å². The predicted octanol–water partition coefficient (Wildman–Crippen LogP) is 1.33. The third kappa shape index (κ3) is 1.81. The zero-order chi connectivity index (χ0) is 9.97. The molecule has 1 atom stereocenters. The minimum Gasteiger partial charge on any atom is -0.454 e. The van der Waals surface area contributed by atoms with Crippen LogP contribution in [-0.2, 0) is 6.42 Å². The molecule has 14 heavy (non-hydrogen) atoms. The van der Waals surface area contributed by atoms with Crippen molar-refractivity contribution < 1.29 is 14.7 Å². The summed E-state index contributed by atoms with van der Waals surface area (Å²) in [6, 6.07) is 5.84. The first-order valence-electron chi connectivity index (χ1n) is 4.58. The van der Waals surface area contributed by atoms with E-state index in [-0.39, 0.29) is 6.04 Å². The van der Waals surface area contributed by atoms with Gasteiger partial charge in [0.05, 0.1) is 0 Å². The highest BCUT2D eigenvalue weighted by atomic mass is 16.7. The van der Waals surface area contributed by atoms with E-state index in [0.29, 0.717) is 6.79 Å². The van der Waals surface area contributed by atoms with E-state index >= 15 is 0 Å². The summed E-state index contributed by atoms with van der Waals surface area (Å²) in [6.45, 7) is 2.21. The number of fused-ring (bicyclic) bond motifs is 1. The van der Waals surface area contributed by atoms with E-state index in [1.165, 1.54) is 0 Å². The lowest BCUT2D eigenvalue weighted by atomic mass is 10.1. The molecule has 76 valence electrons. The lowest BCUT2D eigenvalue weighted by Gasteiger charge is -2.08. The molecule has 4 nitrogen and oxygen atoms in total. The summed E-state index contributed by atoms with van der Waals surface area (Å²) in [6.07, 6.45) is 0.757. The average molecular weight is 195 g/mol. The van der Waals surface area contributed by atoms with Crippen LogP contribution in [0.3, 0.4) is 0 Å². The van der Waals surface area contributed by atoms with Gasteiger partial charge in [-0.3, -0.25) is 0 Å². The summed E-state index contributed by atoms with van der Waals surface area (Å²) >= 11 is 0. The van der Waals surface area contributed by atoms with Crippen LogP contribution in [0.4, 0.5) is 0 Å². The summed E-state index contributed by atoms with van der Waals surface area (Å²) in [5.41, 5.74) is 3.32. The molecule has 0 fully saturated rings. The fourth-order valence-electron chi connectivity index (χ4n) is 1.47. The van der Waals surface area contributed by atoms with Crippen molar-refractivity contribution in [2.75, 3.05) is 6.79 Å². The molecule has 0 saturated carbocycles. The van der Waals surface area contributed by atoms with Crippen LogP contribution in [0.2, 0.25) is 0 Å². The van der Waals surface area contributed by atoms with E-state index < -0.39 is 0 Å². The zero-order valence-corrected chi connectivity index (χ0v) is 7.99. The Kier molecular flexibility index (Phi) is 2.56. The quantitative estimate of drug-likeness (QED) is 0.714. The molecule has 0 aromatic heterocycles. The summed E-state index contributed by atoms with van der Waals surface area (Å²) in [5, 5.41) is 8.68. The molecule has 1 aliphatic heterocycles. The summed E-state index contributed by atoms with van der Waals surface area (Å²) < 4.78 is 10.4. The Morgan fingerprint density at radius 1 is 1.43 bits per heavy atom. The fourth-order valence-corrected chi connectivity index (χ4v) is 1.47. The highest BCUT2D eigenvalue weighted by Crippen LogP contribution is 2.32. The first-order chi connectivity index (χ1) is 6.79. The zero-order valence-electron chi connectivity index (χ0n) is 7.99. The second-order valence-electron chi connectivity index (χ2n) is 3.42. The van der Waals surface area contributed by atoms with E-state index in [2.05, 4.69) is 5.48 Å². The standard InChI is InChI=1S/C10H13NO3/c1-7(11-12)4-8-2-3-9-10(5-8)14-6-13-9/h2-3,5,7,11-12H,4,6H2,1H3/t7-/m0/s1. The maximum atomic E-state index is 8.68. The summed E-state index contributed by atoms with van der Waals surface area (Å²) in [4.78, 5) is 0. The van der Waals surface area contributed by atoms with Crippen LogP contribution in [0.5, 0.6) is 11.5 Å². The van der Waals surface area contributed by atoms with Gasteiger partial charge in [0.1, 0.15) is 0 Å². The van der Waals surface area contributed by atoms with Gasteiger partial charge in [-0.1, -0.05) is 6.07 Å². The number of hydrogen-bond donors (Lipinski definition) is 2. The van der Waals surface area contributed by atoms with Crippen molar-refractivity contribution in [2.45, 2.75) is 19.4 Å². The summed E-state index contributed by atoms with van der Waals surface area (Å²) in [5.74, 6) is 1.58. The van der Waals surface area contributed by atoms with E-state index in [1.54, 1.807) is 0 Å². The maximum absolute atomic E-state index is 8.68. The molecule has 0 bridgehead atoms. The Balaban J connectivity index is 2.12. The molecule has 0 amide bonds. The Labute approximate surface area is 82.4 Å². The molecule has 4 heteroatoms. The summed E-state index contributed by atoms with van der Waals surface area (Å²) in [7, 11) is 0. The van der Waals surface area contributed by atoms with Gasteiger partial charge in [-0.25, -0.2) is 5.48 Å². The first kappa shape index (κ1) is 9.30. The fraction of sp³-hybridized carbons (Fsp3) is 0.400. The van der Waals surface area contributed by atoms with Crippen LogP contribution < -0.4 is 15.0 Å². The van der Waals surface area contributed by atoms with Crippen LogP contribution >= 0.6 is 0 Å². The molecule has 1 aliphatic rings. The Bertz CT molecular complexity index is 327. The molecule has 0 unspecified atom stereocenters. The monoisotopic (exact) mass is 195 g/mol.